The van der Waals surface area contributed by atoms with Crippen molar-refractivity contribution in [3.63, 3.8) is 0 Å². The molecule has 4 heteroatoms. The van der Waals surface area contributed by atoms with Crippen LogP contribution in [0.15, 0.2) is 12.1 Å². The average Bonchev–Trinajstić information content (AvgIpc) is 2.16. The molecule has 0 aliphatic heterocycles. The van der Waals surface area contributed by atoms with Crippen molar-refractivity contribution in [1.82, 2.24) is 4.98 Å². The Morgan fingerprint density at radius 1 is 1.25 bits per heavy atom. The molecule has 3 nitrogen and oxygen atoms in total. The lowest BCUT2D eigenvalue weighted by Crippen LogP contribution is -2.37. The number of halogens is 1. The Labute approximate surface area is 102 Å². The summed E-state index contributed by atoms with van der Waals surface area (Å²) in [6, 6.07) is 6.24. The van der Waals surface area contributed by atoms with Crippen molar-refractivity contribution in [2.24, 2.45) is 0 Å². The van der Waals surface area contributed by atoms with Gasteiger partial charge in [-0.15, -0.1) is 0 Å². The summed E-state index contributed by atoms with van der Waals surface area (Å²) in [6.45, 7) is 8.42. The third-order valence-electron chi connectivity index (χ3n) is 2.33. The monoisotopic (exact) mass is 237 g/mol. The number of rotatable bonds is 3. The van der Waals surface area contributed by atoms with E-state index < -0.39 is 0 Å². The highest BCUT2D eigenvalue weighted by Gasteiger charge is 2.16. The normalized spacial score (nSPS) is 10.6. The Morgan fingerprint density at radius 3 is 2.19 bits per heavy atom. The zero-order valence-electron chi connectivity index (χ0n) is 10.0. The molecule has 0 radical (unpaired) electrons. The van der Waals surface area contributed by atoms with E-state index in [1.165, 1.54) is 0 Å². The van der Waals surface area contributed by atoms with Crippen LogP contribution < -0.4 is 4.90 Å². The van der Waals surface area contributed by atoms with E-state index in [0.29, 0.717) is 17.6 Å². The zero-order valence-corrected chi connectivity index (χ0v) is 10.8. The van der Waals surface area contributed by atoms with Crippen molar-refractivity contribution in [3.8, 4) is 6.07 Å². The van der Waals surface area contributed by atoms with Crippen molar-refractivity contribution < 1.29 is 0 Å². The van der Waals surface area contributed by atoms with Crippen LogP contribution >= 0.6 is 11.6 Å². The van der Waals surface area contributed by atoms with Crippen LogP contribution in [-0.2, 0) is 0 Å². The summed E-state index contributed by atoms with van der Waals surface area (Å²) in [5.74, 6) is 0.814. The molecular weight excluding hydrogens is 222 g/mol. The third kappa shape index (κ3) is 2.65. The highest BCUT2D eigenvalue weighted by Crippen LogP contribution is 2.22. The number of hydrogen-bond acceptors (Lipinski definition) is 3. The van der Waals surface area contributed by atoms with Crippen molar-refractivity contribution in [2.45, 2.75) is 39.8 Å². The van der Waals surface area contributed by atoms with E-state index in [1.54, 1.807) is 6.07 Å². The summed E-state index contributed by atoms with van der Waals surface area (Å²) in [6.07, 6.45) is 0. The largest absolute Gasteiger partial charge is 0.352 e. The predicted molar refractivity (Wildman–Crippen MR) is 66.7 cm³/mol. The van der Waals surface area contributed by atoms with Crippen LogP contribution in [0, 0.1) is 11.3 Å². The van der Waals surface area contributed by atoms with Gasteiger partial charge in [0.1, 0.15) is 17.0 Å². The first-order chi connectivity index (χ1) is 7.47. The number of anilines is 1. The highest BCUT2D eigenvalue weighted by atomic mass is 35.5. The standard InChI is InChI=1S/C12H16ClN3/c1-8(2)16(9(3)4)11-6-5-10(7-14)12(13)15-11/h5-6,8-9H,1-4H3. The fourth-order valence-corrected chi connectivity index (χ4v) is 1.97. The van der Waals surface area contributed by atoms with Crippen molar-refractivity contribution in [1.29, 1.82) is 5.26 Å². The minimum Gasteiger partial charge on any atom is -0.352 e. The fourth-order valence-electron chi connectivity index (χ4n) is 1.78. The highest BCUT2D eigenvalue weighted by molar-refractivity contribution is 6.30. The first-order valence-electron chi connectivity index (χ1n) is 5.32. The van der Waals surface area contributed by atoms with Gasteiger partial charge in [-0.25, -0.2) is 4.98 Å². The molecule has 16 heavy (non-hydrogen) atoms. The minimum absolute atomic E-state index is 0.270. The molecule has 1 aromatic rings. The minimum atomic E-state index is 0.270. The summed E-state index contributed by atoms with van der Waals surface area (Å²) in [4.78, 5) is 6.42. The number of aromatic nitrogens is 1. The SMILES string of the molecule is CC(C)N(c1ccc(C#N)c(Cl)n1)C(C)C. The molecular formula is C12H16ClN3. The Balaban J connectivity index is 3.13. The lowest BCUT2D eigenvalue weighted by atomic mass is 10.2. The van der Waals surface area contributed by atoms with Crippen LogP contribution in [0.4, 0.5) is 5.82 Å². The maximum Gasteiger partial charge on any atom is 0.149 e. The molecule has 86 valence electrons. The molecule has 1 aromatic heterocycles. The fraction of sp³-hybridized carbons (Fsp3) is 0.500. The van der Waals surface area contributed by atoms with Crippen molar-refractivity contribution in [3.05, 3.63) is 22.8 Å². The topological polar surface area (TPSA) is 39.9 Å². The number of nitriles is 1. The van der Waals surface area contributed by atoms with Gasteiger partial charge in [-0.2, -0.15) is 5.26 Å². The third-order valence-corrected chi connectivity index (χ3v) is 2.62. The van der Waals surface area contributed by atoms with E-state index in [9.17, 15) is 0 Å². The molecule has 0 bridgehead atoms. The van der Waals surface area contributed by atoms with Crippen LogP contribution in [0.1, 0.15) is 33.3 Å². The van der Waals surface area contributed by atoms with E-state index in [0.717, 1.165) is 5.82 Å². The maximum absolute atomic E-state index is 8.78. The van der Waals surface area contributed by atoms with E-state index in [1.807, 2.05) is 12.1 Å². The molecule has 0 fully saturated rings. The first kappa shape index (κ1) is 12.8. The molecule has 0 aliphatic rings. The van der Waals surface area contributed by atoms with Gasteiger partial charge in [0.15, 0.2) is 0 Å². The van der Waals surface area contributed by atoms with Gasteiger partial charge in [0, 0.05) is 12.1 Å². The second kappa shape index (κ2) is 5.18. The molecule has 0 aromatic carbocycles. The Morgan fingerprint density at radius 2 is 1.81 bits per heavy atom. The molecule has 1 rings (SSSR count). The van der Waals surface area contributed by atoms with Gasteiger partial charge < -0.3 is 4.90 Å². The van der Waals surface area contributed by atoms with Gasteiger partial charge in [-0.05, 0) is 39.8 Å². The van der Waals surface area contributed by atoms with Gasteiger partial charge in [0.2, 0.25) is 0 Å². The van der Waals surface area contributed by atoms with E-state index in [-0.39, 0.29) is 5.15 Å². The Kier molecular flexibility index (Phi) is 4.14. The molecule has 0 saturated carbocycles. The van der Waals surface area contributed by atoms with Gasteiger partial charge in [0.25, 0.3) is 0 Å². The lowest BCUT2D eigenvalue weighted by molar-refractivity contribution is 0.600. The Hall–Kier alpha value is -1.27. The molecule has 1 heterocycles. The van der Waals surface area contributed by atoms with Gasteiger partial charge >= 0.3 is 0 Å². The zero-order chi connectivity index (χ0) is 12.3. The first-order valence-corrected chi connectivity index (χ1v) is 5.70. The Bertz CT molecular complexity index is 399. The van der Waals surface area contributed by atoms with Crippen molar-refractivity contribution in [2.75, 3.05) is 4.90 Å². The van der Waals surface area contributed by atoms with E-state index in [4.69, 9.17) is 16.9 Å². The number of hydrogen-bond donors (Lipinski definition) is 0. The van der Waals surface area contributed by atoms with Gasteiger partial charge in [-0.1, -0.05) is 11.6 Å². The molecule has 0 N–H and O–H groups in total. The van der Waals surface area contributed by atoms with Crippen LogP contribution in [-0.4, -0.2) is 17.1 Å². The van der Waals surface area contributed by atoms with E-state index in [2.05, 4.69) is 37.6 Å². The molecule has 0 spiro atoms. The van der Waals surface area contributed by atoms with Crippen LogP contribution in [0.25, 0.3) is 0 Å². The van der Waals surface area contributed by atoms with E-state index >= 15 is 0 Å². The quantitative estimate of drug-likeness (QED) is 0.758. The van der Waals surface area contributed by atoms with Crippen LogP contribution in [0.3, 0.4) is 0 Å². The van der Waals surface area contributed by atoms with Crippen LogP contribution in [0.5, 0.6) is 0 Å². The summed E-state index contributed by atoms with van der Waals surface area (Å²) >= 11 is 5.92. The molecule has 0 amide bonds. The summed E-state index contributed by atoms with van der Waals surface area (Å²) in [7, 11) is 0. The molecule has 0 aliphatic carbocycles. The average molecular weight is 238 g/mol. The summed E-state index contributed by atoms with van der Waals surface area (Å²) in [5, 5.41) is 9.05. The second-order valence-corrected chi connectivity index (χ2v) is 4.57. The molecule has 0 atom stereocenters. The van der Waals surface area contributed by atoms with Gasteiger partial charge in [0.05, 0.1) is 5.56 Å². The van der Waals surface area contributed by atoms with Crippen LogP contribution in [0.2, 0.25) is 5.15 Å². The predicted octanol–water partition coefficient (Wildman–Crippen LogP) is 3.23. The van der Waals surface area contributed by atoms with Gasteiger partial charge in [-0.3, -0.25) is 0 Å². The second-order valence-electron chi connectivity index (χ2n) is 4.21. The smallest absolute Gasteiger partial charge is 0.149 e. The summed E-state index contributed by atoms with van der Waals surface area (Å²) in [5.41, 5.74) is 0.415. The molecule has 0 saturated heterocycles. The molecule has 0 unspecified atom stereocenters. The number of nitrogens with zero attached hydrogens (tertiary/aromatic N) is 3. The van der Waals surface area contributed by atoms with Crippen molar-refractivity contribution >= 4 is 17.4 Å². The lowest BCUT2D eigenvalue weighted by Gasteiger charge is -2.32. The summed E-state index contributed by atoms with van der Waals surface area (Å²) < 4.78 is 0. The number of pyridine rings is 1. The maximum atomic E-state index is 8.78.